The summed E-state index contributed by atoms with van der Waals surface area (Å²) in [5.41, 5.74) is 3.47. The Bertz CT molecular complexity index is 606. The first kappa shape index (κ1) is 16.3. The number of benzene rings is 2. The standard InChI is InChI=1S/C18H22N2OS/c1-13(2)15-6-8-16(9-7-15)20-18(22)19-12-14-4-10-17(21-3)11-5-14/h4-11,13H,12H2,1-3H3,(H2,19,20,22). The number of anilines is 1. The number of hydrogen-bond acceptors (Lipinski definition) is 2. The Kier molecular flexibility index (Phi) is 5.78. The molecule has 0 unspecified atom stereocenters. The predicted molar refractivity (Wildman–Crippen MR) is 96.6 cm³/mol. The molecule has 2 N–H and O–H groups in total. The van der Waals surface area contributed by atoms with Crippen LogP contribution >= 0.6 is 12.2 Å². The highest BCUT2D eigenvalue weighted by Gasteiger charge is 2.01. The van der Waals surface area contributed by atoms with Crippen molar-refractivity contribution in [2.75, 3.05) is 12.4 Å². The van der Waals surface area contributed by atoms with Crippen LogP contribution in [0.1, 0.15) is 30.9 Å². The van der Waals surface area contributed by atoms with Crippen molar-refractivity contribution in [3.63, 3.8) is 0 Å². The molecule has 116 valence electrons. The predicted octanol–water partition coefficient (Wildman–Crippen LogP) is 4.31. The molecule has 0 bridgehead atoms. The van der Waals surface area contributed by atoms with Crippen molar-refractivity contribution >= 4 is 23.0 Å². The summed E-state index contributed by atoms with van der Waals surface area (Å²) in [6, 6.07) is 16.3. The maximum atomic E-state index is 5.32. The fourth-order valence-electron chi connectivity index (χ4n) is 2.05. The lowest BCUT2D eigenvalue weighted by Gasteiger charge is -2.12. The highest BCUT2D eigenvalue weighted by atomic mass is 32.1. The second-order valence-electron chi connectivity index (χ2n) is 5.43. The van der Waals surface area contributed by atoms with Crippen LogP contribution in [0.2, 0.25) is 0 Å². The fourth-order valence-corrected chi connectivity index (χ4v) is 2.24. The molecule has 3 nitrogen and oxygen atoms in total. The van der Waals surface area contributed by atoms with Gasteiger partial charge in [0, 0.05) is 12.2 Å². The Hall–Kier alpha value is -2.07. The molecule has 0 atom stereocenters. The van der Waals surface area contributed by atoms with E-state index in [2.05, 4.69) is 48.7 Å². The van der Waals surface area contributed by atoms with Gasteiger partial charge in [-0.05, 0) is 53.5 Å². The summed E-state index contributed by atoms with van der Waals surface area (Å²) in [7, 11) is 1.66. The highest BCUT2D eigenvalue weighted by Crippen LogP contribution is 2.17. The lowest BCUT2D eigenvalue weighted by Crippen LogP contribution is -2.27. The number of ether oxygens (including phenoxy) is 1. The first-order valence-electron chi connectivity index (χ1n) is 7.36. The monoisotopic (exact) mass is 314 g/mol. The van der Waals surface area contributed by atoms with Crippen LogP contribution in [-0.4, -0.2) is 12.2 Å². The van der Waals surface area contributed by atoms with Gasteiger partial charge in [0.15, 0.2) is 5.11 Å². The van der Waals surface area contributed by atoms with E-state index in [0.717, 1.165) is 17.0 Å². The summed E-state index contributed by atoms with van der Waals surface area (Å²) in [6.45, 7) is 5.05. The van der Waals surface area contributed by atoms with E-state index in [9.17, 15) is 0 Å². The Balaban J connectivity index is 1.84. The molecule has 2 aromatic rings. The molecule has 0 saturated carbocycles. The zero-order chi connectivity index (χ0) is 15.9. The van der Waals surface area contributed by atoms with Crippen LogP contribution in [0.3, 0.4) is 0 Å². The normalized spacial score (nSPS) is 10.4. The molecule has 0 radical (unpaired) electrons. The third-order valence-electron chi connectivity index (χ3n) is 3.45. The molecule has 2 aromatic carbocycles. The van der Waals surface area contributed by atoms with Gasteiger partial charge in [-0.2, -0.15) is 0 Å². The van der Waals surface area contributed by atoms with E-state index in [1.807, 2.05) is 24.3 Å². The van der Waals surface area contributed by atoms with Crippen molar-refractivity contribution in [3.05, 3.63) is 59.7 Å². The van der Waals surface area contributed by atoms with Gasteiger partial charge in [-0.15, -0.1) is 0 Å². The summed E-state index contributed by atoms with van der Waals surface area (Å²) in [5.74, 6) is 1.39. The van der Waals surface area contributed by atoms with Gasteiger partial charge in [-0.1, -0.05) is 38.1 Å². The van der Waals surface area contributed by atoms with Crippen LogP contribution in [0.15, 0.2) is 48.5 Å². The number of hydrogen-bond donors (Lipinski definition) is 2. The molecule has 22 heavy (non-hydrogen) atoms. The average molecular weight is 314 g/mol. The highest BCUT2D eigenvalue weighted by molar-refractivity contribution is 7.80. The van der Waals surface area contributed by atoms with E-state index >= 15 is 0 Å². The molecule has 4 heteroatoms. The van der Waals surface area contributed by atoms with E-state index in [1.54, 1.807) is 7.11 Å². The largest absolute Gasteiger partial charge is 0.497 e. The van der Waals surface area contributed by atoms with Gasteiger partial charge in [-0.25, -0.2) is 0 Å². The minimum absolute atomic E-state index is 0.536. The SMILES string of the molecule is COc1ccc(CNC(=S)Nc2ccc(C(C)C)cc2)cc1. The van der Waals surface area contributed by atoms with Gasteiger partial charge >= 0.3 is 0 Å². The smallest absolute Gasteiger partial charge is 0.171 e. The summed E-state index contributed by atoms with van der Waals surface area (Å²) >= 11 is 5.32. The second-order valence-corrected chi connectivity index (χ2v) is 5.84. The van der Waals surface area contributed by atoms with Gasteiger partial charge in [-0.3, -0.25) is 0 Å². The van der Waals surface area contributed by atoms with E-state index in [0.29, 0.717) is 17.6 Å². The van der Waals surface area contributed by atoms with E-state index in [-0.39, 0.29) is 0 Å². The van der Waals surface area contributed by atoms with Gasteiger partial charge < -0.3 is 15.4 Å². The van der Waals surface area contributed by atoms with Crippen LogP contribution < -0.4 is 15.4 Å². The molecule has 0 aliphatic rings. The zero-order valence-corrected chi connectivity index (χ0v) is 14.0. The number of methoxy groups -OCH3 is 1. The molecule has 0 heterocycles. The Morgan fingerprint density at radius 2 is 1.68 bits per heavy atom. The lowest BCUT2D eigenvalue weighted by molar-refractivity contribution is 0.414. The van der Waals surface area contributed by atoms with E-state index in [1.165, 1.54) is 5.56 Å². The van der Waals surface area contributed by atoms with Gasteiger partial charge in [0.25, 0.3) is 0 Å². The zero-order valence-electron chi connectivity index (χ0n) is 13.2. The Morgan fingerprint density at radius 1 is 1.05 bits per heavy atom. The molecular formula is C18H22N2OS. The summed E-state index contributed by atoms with van der Waals surface area (Å²) in [5, 5.41) is 7.02. The molecule has 0 saturated heterocycles. The van der Waals surface area contributed by atoms with Crippen LogP contribution in [-0.2, 0) is 6.54 Å². The summed E-state index contributed by atoms with van der Waals surface area (Å²) in [6.07, 6.45) is 0. The minimum atomic E-state index is 0.536. The average Bonchev–Trinajstić information content (AvgIpc) is 2.54. The van der Waals surface area contributed by atoms with Gasteiger partial charge in [0.1, 0.15) is 5.75 Å². The molecule has 0 amide bonds. The van der Waals surface area contributed by atoms with Crippen molar-refractivity contribution in [1.29, 1.82) is 0 Å². The summed E-state index contributed by atoms with van der Waals surface area (Å²) < 4.78 is 5.14. The number of thiocarbonyl (C=S) groups is 1. The maximum absolute atomic E-state index is 5.32. The molecule has 0 fully saturated rings. The molecular weight excluding hydrogens is 292 g/mol. The molecule has 0 aliphatic heterocycles. The van der Waals surface area contributed by atoms with Crippen LogP contribution in [0, 0.1) is 0 Å². The van der Waals surface area contributed by atoms with Gasteiger partial charge in [0.05, 0.1) is 7.11 Å². The number of nitrogens with one attached hydrogen (secondary N) is 2. The third-order valence-corrected chi connectivity index (χ3v) is 3.69. The van der Waals surface area contributed by atoms with E-state index < -0.39 is 0 Å². The second kappa shape index (κ2) is 7.80. The quantitative estimate of drug-likeness (QED) is 0.806. The Labute approximate surface area is 137 Å². The number of rotatable bonds is 5. The van der Waals surface area contributed by atoms with Crippen molar-refractivity contribution < 1.29 is 4.74 Å². The van der Waals surface area contributed by atoms with Crippen LogP contribution in [0.5, 0.6) is 5.75 Å². The fraction of sp³-hybridized carbons (Fsp3) is 0.278. The molecule has 2 rings (SSSR count). The van der Waals surface area contributed by atoms with Crippen molar-refractivity contribution in [2.24, 2.45) is 0 Å². The molecule has 0 aromatic heterocycles. The topological polar surface area (TPSA) is 33.3 Å². The first-order valence-corrected chi connectivity index (χ1v) is 7.77. The molecule has 0 spiro atoms. The summed E-state index contributed by atoms with van der Waals surface area (Å²) in [4.78, 5) is 0. The third kappa shape index (κ3) is 4.74. The first-order chi connectivity index (χ1) is 10.6. The van der Waals surface area contributed by atoms with Crippen LogP contribution in [0.4, 0.5) is 5.69 Å². The van der Waals surface area contributed by atoms with Crippen molar-refractivity contribution in [3.8, 4) is 5.75 Å². The minimum Gasteiger partial charge on any atom is -0.497 e. The van der Waals surface area contributed by atoms with Crippen molar-refractivity contribution in [1.82, 2.24) is 5.32 Å². The Morgan fingerprint density at radius 3 is 2.23 bits per heavy atom. The molecule has 0 aliphatic carbocycles. The maximum Gasteiger partial charge on any atom is 0.171 e. The van der Waals surface area contributed by atoms with E-state index in [4.69, 9.17) is 17.0 Å². The van der Waals surface area contributed by atoms with Crippen LogP contribution in [0.25, 0.3) is 0 Å². The lowest BCUT2D eigenvalue weighted by atomic mass is 10.0. The van der Waals surface area contributed by atoms with Gasteiger partial charge in [0.2, 0.25) is 0 Å². The van der Waals surface area contributed by atoms with Crippen molar-refractivity contribution in [2.45, 2.75) is 26.3 Å².